The first-order chi connectivity index (χ1) is 12.4. The van der Waals surface area contributed by atoms with Crippen molar-refractivity contribution in [2.24, 2.45) is 11.3 Å². The van der Waals surface area contributed by atoms with Gasteiger partial charge in [-0.05, 0) is 37.8 Å². The van der Waals surface area contributed by atoms with Crippen molar-refractivity contribution in [3.05, 3.63) is 35.4 Å². The van der Waals surface area contributed by atoms with Gasteiger partial charge in [0.1, 0.15) is 0 Å². The maximum Gasteiger partial charge on any atom is 0.317 e. The molecule has 1 aromatic rings. The van der Waals surface area contributed by atoms with Crippen LogP contribution in [-0.2, 0) is 4.79 Å². The van der Waals surface area contributed by atoms with Crippen molar-refractivity contribution in [3.8, 4) is 0 Å². The lowest BCUT2D eigenvalue weighted by molar-refractivity contribution is -0.149. The summed E-state index contributed by atoms with van der Waals surface area (Å²) in [4.78, 5) is 37.6. The fourth-order valence-electron chi connectivity index (χ4n) is 4.06. The van der Waals surface area contributed by atoms with Gasteiger partial charge in [-0.2, -0.15) is 0 Å². The van der Waals surface area contributed by atoms with Crippen LogP contribution in [-0.4, -0.2) is 54.1 Å². The molecule has 2 atom stereocenters. The van der Waals surface area contributed by atoms with Gasteiger partial charge in [-0.1, -0.05) is 24.1 Å². The zero-order chi connectivity index (χ0) is 18.7. The van der Waals surface area contributed by atoms with Crippen LogP contribution in [0.2, 0.25) is 0 Å². The Bertz CT molecular complexity index is 703. The van der Waals surface area contributed by atoms with Crippen LogP contribution in [0.15, 0.2) is 24.3 Å². The van der Waals surface area contributed by atoms with Crippen LogP contribution in [0.4, 0.5) is 4.79 Å². The molecule has 0 bridgehead atoms. The Balaban J connectivity index is 1.43. The fourth-order valence-corrected chi connectivity index (χ4v) is 4.06. The third-order valence-corrected chi connectivity index (χ3v) is 5.58. The molecular weight excluding hydrogens is 334 g/mol. The highest BCUT2D eigenvalue weighted by molar-refractivity contribution is 5.94. The molecule has 2 fully saturated rings. The summed E-state index contributed by atoms with van der Waals surface area (Å²) in [6.45, 7) is 3.35. The summed E-state index contributed by atoms with van der Waals surface area (Å²) in [7, 11) is 0. The van der Waals surface area contributed by atoms with E-state index in [2.05, 4.69) is 10.6 Å². The number of rotatable bonds is 5. The van der Waals surface area contributed by atoms with Gasteiger partial charge in [-0.3, -0.25) is 9.59 Å². The maximum absolute atomic E-state index is 12.3. The molecule has 0 spiro atoms. The lowest BCUT2D eigenvalue weighted by Gasteiger charge is -2.23. The van der Waals surface area contributed by atoms with E-state index in [0.717, 1.165) is 18.4 Å². The van der Waals surface area contributed by atoms with Crippen molar-refractivity contribution in [1.29, 1.82) is 0 Å². The molecular formula is C19H25N3O4. The van der Waals surface area contributed by atoms with Crippen LogP contribution >= 0.6 is 0 Å². The second kappa shape index (κ2) is 7.35. The molecule has 1 aliphatic carbocycles. The topological polar surface area (TPSA) is 98.7 Å². The molecule has 0 unspecified atom stereocenters. The Labute approximate surface area is 152 Å². The number of likely N-dealkylation sites (tertiary alicyclic amines) is 1. The van der Waals surface area contributed by atoms with Crippen molar-refractivity contribution < 1.29 is 19.5 Å². The minimum atomic E-state index is -0.791. The van der Waals surface area contributed by atoms with E-state index >= 15 is 0 Å². The largest absolute Gasteiger partial charge is 0.481 e. The minimum absolute atomic E-state index is 0.0481. The van der Waals surface area contributed by atoms with Crippen LogP contribution < -0.4 is 10.6 Å². The summed E-state index contributed by atoms with van der Waals surface area (Å²) in [5.41, 5.74) is 0.901. The molecule has 1 saturated carbocycles. The van der Waals surface area contributed by atoms with Gasteiger partial charge in [-0.15, -0.1) is 0 Å². The van der Waals surface area contributed by atoms with E-state index in [-0.39, 0.29) is 24.4 Å². The molecule has 3 amide bonds. The fraction of sp³-hybridized carbons (Fsp3) is 0.526. The van der Waals surface area contributed by atoms with Gasteiger partial charge in [0.25, 0.3) is 5.91 Å². The monoisotopic (exact) mass is 359 g/mol. The highest BCUT2D eigenvalue weighted by Crippen LogP contribution is 2.48. The van der Waals surface area contributed by atoms with Crippen molar-refractivity contribution in [1.82, 2.24) is 15.5 Å². The van der Waals surface area contributed by atoms with Gasteiger partial charge in [0, 0.05) is 31.7 Å². The number of aryl methyl sites for hydroxylation is 1. The number of hydrogen-bond donors (Lipinski definition) is 3. The van der Waals surface area contributed by atoms with Gasteiger partial charge in [-0.25, -0.2) is 4.79 Å². The molecule has 26 heavy (non-hydrogen) atoms. The molecule has 2 aliphatic rings. The van der Waals surface area contributed by atoms with Crippen LogP contribution in [0, 0.1) is 18.3 Å². The van der Waals surface area contributed by atoms with E-state index in [0.29, 0.717) is 31.6 Å². The smallest absolute Gasteiger partial charge is 0.317 e. The molecule has 7 nitrogen and oxygen atoms in total. The summed E-state index contributed by atoms with van der Waals surface area (Å²) in [6, 6.07) is 7.01. The number of carboxylic acid groups (broad SMARTS) is 1. The lowest BCUT2D eigenvalue weighted by atomic mass is 9.81. The summed E-state index contributed by atoms with van der Waals surface area (Å²) in [5.74, 6) is -0.924. The Morgan fingerprint density at radius 2 is 1.88 bits per heavy atom. The number of carbonyl (C=O) groups excluding carboxylic acids is 2. The van der Waals surface area contributed by atoms with Gasteiger partial charge >= 0.3 is 12.0 Å². The zero-order valence-electron chi connectivity index (χ0n) is 15.0. The van der Waals surface area contributed by atoms with E-state index in [1.54, 1.807) is 17.0 Å². The normalized spacial score (nSPS) is 24.2. The van der Waals surface area contributed by atoms with Crippen molar-refractivity contribution in [2.75, 3.05) is 26.2 Å². The number of amides is 3. The highest BCUT2D eigenvalue weighted by Gasteiger charge is 2.55. The molecule has 3 rings (SSSR count). The predicted octanol–water partition coefficient (Wildman–Crippen LogP) is 1.62. The molecule has 140 valence electrons. The van der Waals surface area contributed by atoms with Gasteiger partial charge < -0.3 is 20.6 Å². The second-order valence-electron chi connectivity index (χ2n) is 7.28. The molecule has 3 N–H and O–H groups in total. The van der Waals surface area contributed by atoms with Crippen LogP contribution in [0.25, 0.3) is 0 Å². The highest BCUT2D eigenvalue weighted by atomic mass is 16.4. The summed E-state index contributed by atoms with van der Waals surface area (Å²) < 4.78 is 0. The standard InChI is InChI=1S/C19H25N3O4/c1-13-4-6-14(7-5-13)16(23)20-9-10-21-18(26)22-11-15-3-2-8-19(15,12-22)17(24)25/h4-7,15H,2-3,8-12H2,1H3,(H,20,23)(H,21,26)(H,24,25)/t15-,19+/m0/s1. The molecule has 1 aromatic carbocycles. The third-order valence-electron chi connectivity index (χ3n) is 5.58. The molecule has 0 aromatic heterocycles. The number of aliphatic carboxylic acids is 1. The van der Waals surface area contributed by atoms with E-state index in [9.17, 15) is 19.5 Å². The van der Waals surface area contributed by atoms with Crippen LogP contribution in [0.1, 0.15) is 35.2 Å². The number of nitrogens with zero attached hydrogens (tertiary/aromatic N) is 1. The number of benzene rings is 1. The van der Waals surface area contributed by atoms with Crippen molar-refractivity contribution in [3.63, 3.8) is 0 Å². The average molecular weight is 359 g/mol. The Kier molecular flexibility index (Phi) is 5.15. The summed E-state index contributed by atoms with van der Waals surface area (Å²) in [5, 5.41) is 15.1. The number of nitrogens with one attached hydrogen (secondary N) is 2. The molecule has 0 radical (unpaired) electrons. The Morgan fingerprint density at radius 1 is 1.19 bits per heavy atom. The lowest BCUT2D eigenvalue weighted by Crippen LogP contribution is -2.44. The first-order valence-electron chi connectivity index (χ1n) is 9.03. The van der Waals surface area contributed by atoms with Gasteiger partial charge in [0.15, 0.2) is 0 Å². The Morgan fingerprint density at radius 3 is 2.54 bits per heavy atom. The van der Waals surface area contributed by atoms with E-state index < -0.39 is 11.4 Å². The van der Waals surface area contributed by atoms with Crippen molar-refractivity contribution >= 4 is 17.9 Å². The number of fused-ring (bicyclic) bond motifs is 1. The SMILES string of the molecule is Cc1ccc(C(=O)NCCNC(=O)N2C[C@@H]3CCC[C@@]3(C(=O)O)C2)cc1. The zero-order valence-corrected chi connectivity index (χ0v) is 15.0. The average Bonchev–Trinajstić information content (AvgIpc) is 3.17. The number of urea groups is 1. The van der Waals surface area contributed by atoms with E-state index in [1.165, 1.54) is 0 Å². The third kappa shape index (κ3) is 3.52. The summed E-state index contributed by atoms with van der Waals surface area (Å²) in [6.07, 6.45) is 2.42. The van der Waals surface area contributed by atoms with Crippen LogP contribution in [0.5, 0.6) is 0 Å². The van der Waals surface area contributed by atoms with Crippen molar-refractivity contribution in [2.45, 2.75) is 26.2 Å². The second-order valence-corrected chi connectivity index (χ2v) is 7.28. The number of carbonyl (C=O) groups is 3. The maximum atomic E-state index is 12.3. The Hall–Kier alpha value is -2.57. The van der Waals surface area contributed by atoms with Gasteiger partial charge in [0.05, 0.1) is 5.41 Å². The summed E-state index contributed by atoms with van der Waals surface area (Å²) >= 11 is 0. The quantitative estimate of drug-likeness (QED) is 0.696. The molecule has 1 heterocycles. The first kappa shape index (κ1) is 18.2. The minimum Gasteiger partial charge on any atom is -0.481 e. The predicted molar refractivity (Wildman–Crippen MR) is 95.9 cm³/mol. The van der Waals surface area contributed by atoms with E-state index in [4.69, 9.17) is 0 Å². The number of hydrogen-bond acceptors (Lipinski definition) is 3. The first-order valence-corrected chi connectivity index (χ1v) is 9.03. The molecule has 1 saturated heterocycles. The van der Waals surface area contributed by atoms with Gasteiger partial charge in [0.2, 0.25) is 0 Å². The number of carboxylic acids is 1. The van der Waals surface area contributed by atoms with E-state index in [1.807, 2.05) is 19.1 Å². The van der Waals surface area contributed by atoms with Crippen LogP contribution in [0.3, 0.4) is 0 Å². The molecule has 1 aliphatic heterocycles. The molecule has 7 heteroatoms.